The van der Waals surface area contributed by atoms with Crippen LogP contribution in [0.1, 0.15) is 0 Å². The van der Waals surface area contributed by atoms with E-state index in [1.165, 1.54) is 0 Å². The SMILES string of the molecule is OC[C@H]1O[C@@](CO)(O[C@@H]2O[C@H](CO[C@@H]3O[C@H](CO)[C@@H](O)[C@H](O)[C@H]3O)[C@@H](O)[C@H](O)[C@H]2O)[C@@H](O)[C@@H]1O. The highest BCUT2D eigenvalue weighted by molar-refractivity contribution is 4.98. The molecule has 0 aromatic rings. The average Bonchev–Trinajstić information content (AvgIpc) is 3.08. The monoisotopic (exact) mass is 504 g/mol. The molecule has 0 amide bonds. The second-order valence-electron chi connectivity index (χ2n) is 8.41. The molecule has 3 fully saturated rings. The topological polar surface area (TPSA) is 269 Å². The fourth-order valence-electron chi connectivity index (χ4n) is 4.01. The quantitative estimate of drug-likeness (QED) is 0.146. The van der Waals surface area contributed by atoms with Gasteiger partial charge in [-0.3, -0.25) is 0 Å². The molecule has 3 saturated heterocycles. The van der Waals surface area contributed by atoms with Crippen molar-refractivity contribution >= 4 is 0 Å². The molecule has 0 saturated carbocycles. The molecule has 3 aliphatic rings. The van der Waals surface area contributed by atoms with Crippen LogP contribution in [-0.2, 0) is 23.7 Å². The van der Waals surface area contributed by atoms with Crippen LogP contribution in [0.2, 0.25) is 0 Å². The third-order valence-electron chi connectivity index (χ3n) is 6.16. The number of aliphatic hydroxyl groups is 11. The minimum absolute atomic E-state index is 0.634. The fourth-order valence-corrected chi connectivity index (χ4v) is 4.01. The molecular weight excluding hydrogens is 472 g/mol. The Balaban J connectivity index is 1.69. The first kappa shape index (κ1) is 27.9. The molecule has 0 aromatic heterocycles. The van der Waals surface area contributed by atoms with Gasteiger partial charge >= 0.3 is 0 Å². The summed E-state index contributed by atoms with van der Waals surface area (Å²) < 4.78 is 26.4. The third kappa shape index (κ3) is 5.09. The van der Waals surface area contributed by atoms with Crippen molar-refractivity contribution in [3.8, 4) is 0 Å². The van der Waals surface area contributed by atoms with Gasteiger partial charge in [-0.1, -0.05) is 0 Å². The summed E-state index contributed by atoms with van der Waals surface area (Å²) in [4.78, 5) is 0. The molecular formula is C18H32O16. The largest absolute Gasteiger partial charge is 0.394 e. The highest BCUT2D eigenvalue weighted by Gasteiger charge is 2.58. The van der Waals surface area contributed by atoms with Crippen LogP contribution in [0.4, 0.5) is 0 Å². The van der Waals surface area contributed by atoms with E-state index in [2.05, 4.69) is 0 Å². The van der Waals surface area contributed by atoms with E-state index < -0.39 is 112 Å². The Bertz CT molecular complexity index is 653. The van der Waals surface area contributed by atoms with Crippen LogP contribution in [0.15, 0.2) is 0 Å². The van der Waals surface area contributed by atoms with Crippen LogP contribution < -0.4 is 0 Å². The highest BCUT2D eigenvalue weighted by Crippen LogP contribution is 2.36. The zero-order valence-electron chi connectivity index (χ0n) is 17.8. The van der Waals surface area contributed by atoms with Gasteiger partial charge in [0.2, 0.25) is 5.79 Å². The van der Waals surface area contributed by atoms with Crippen LogP contribution in [0.25, 0.3) is 0 Å². The Morgan fingerprint density at radius 1 is 0.588 bits per heavy atom. The van der Waals surface area contributed by atoms with E-state index in [4.69, 9.17) is 23.7 Å². The predicted octanol–water partition coefficient (Wildman–Crippen LogP) is -7.57. The molecule has 16 heteroatoms. The van der Waals surface area contributed by atoms with E-state index in [0.717, 1.165) is 0 Å². The summed E-state index contributed by atoms with van der Waals surface area (Å²) in [6, 6.07) is 0. The van der Waals surface area contributed by atoms with Crippen LogP contribution in [-0.4, -0.2) is 168 Å². The standard InChI is InChI=1S/C18H32O16/c19-1-5-8(22)11(25)13(27)16(31-5)30-3-7-9(23)12(26)14(28)17(32-7)34-18(4-21)15(29)10(24)6(2-20)33-18/h5-17,19-29H,1-4H2/t5-,6-,7-,8-,9-,10-,11+,12+,13-,14-,15+,16-,17+,18+/m1/s1. The molecule has 3 heterocycles. The number of rotatable bonds is 8. The van der Waals surface area contributed by atoms with Crippen LogP contribution in [0.5, 0.6) is 0 Å². The number of hydrogen-bond donors (Lipinski definition) is 11. The zero-order chi connectivity index (χ0) is 25.4. The van der Waals surface area contributed by atoms with Gasteiger partial charge in [-0.05, 0) is 0 Å². The summed E-state index contributed by atoms with van der Waals surface area (Å²) in [6.07, 6.45) is -21.8. The summed E-state index contributed by atoms with van der Waals surface area (Å²) in [5.41, 5.74) is 0. The molecule has 11 N–H and O–H groups in total. The van der Waals surface area contributed by atoms with E-state index in [9.17, 15) is 56.2 Å². The summed E-state index contributed by atoms with van der Waals surface area (Å²) >= 11 is 0. The van der Waals surface area contributed by atoms with Gasteiger partial charge in [-0.25, -0.2) is 0 Å². The first-order chi connectivity index (χ1) is 16.0. The summed E-state index contributed by atoms with van der Waals surface area (Å²) in [5, 5.41) is 109. The lowest BCUT2D eigenvalue weighted by Gasteiger charge is -2.44. The van der Waals surface area contributed by atoms with Crippen molar-refractivity contribution < 1.29 is 79.9 Å². The Morgan fingerprint density at radius 2 is 1.12 bits per heavy atom. The third-order valence-corrected chi connectivity index (χ3v) is 6.16. The van der Waals surface area contributed by atoms with Crippen molar-refractivity contribution in [2.45, 2.75) is 85.5 Å². The lowest BCUT2D eigenvalue weighted by Crippen LogP contribution is -2.63. The van der Waals surface area contributed by atoms with E-state index in [1.807, 2.05) is 0 Å². The van der Waals surface area contributed by atoms with Gasteiger partial charge in [0.1, 0.15) is 73.8 Å². The van der Waals surface area contributed by atoms with Crippen molar-refractivity contribution in [2.24, 2.45) is 0 Å². The summed E-state index contributed by atoms with van der Waals surface area (Å²) in [5.74, 6) is -2.36. The number of ether oxygens (including phenoxy) is 5. The molecule has 0 spiro atoms. The number of hydrogen-bond acceptors (Lipinski definition) is 16. The smallest absolute Gasteiger partial charge is 0.224 e. The van der Waals surface area contributed by atoms with E-state index in [1.54, 1.807) is 0 Å². The molecule has 16 nitrogen and oxygen atoms in total. The first-order valence-electron chi connectivity index (χ1n) is 10.6. The van der Waals surface area contributed by atoms with Crippen LogP contribution in [0, 0.1) is 0 Å². The van der Waals surface area contributed by atoms with Crippen LogP contribution in [0.3, 0.4) is 0 Å². The van der Waals surface area contributed by atoms with Gasteiger partial charge in [0.15, 0.2) is 12.6 Å². The molecule has 34 heavy (non-hydrogen) atoms. The Labute approximate surface area is 192 Å². The molecule has 0 radical (unpaired) electrons. The minimum Gasteiger partial charge on any atom is -0.394 e. The molecule has 0 aromatic carbocycles. The van der Waals surface area contributed by atoms with Crippen molar-refractivity contribution in [3.05, 3.63) is 0 Å². The van der Waals surface area contributed by atoms with Gasteiger partial charge < -0.3 is 79.9 Å². The van der Waals surface area contributed by atoms with Crippen molar-refractivity contribution in [2.75, 3.05) is 26.4 Å². The lowest BCUT2D eigenvalue weighted by atomic mass is 9.98. The van der Waals surface area contributed by atoms with E-state index >= 15 is 0 Å². The molecule has 200 valence electrons. The highest BCUT2D eigenvalue weighted by atomic mass is 16.8. The normalized spacial score (nSPS) is 52.1. The molecule has 3 rings (SSSR count). The van der Waals surface area contributed by atoms with Gasteiger partial charge in [-0.15, -0.1) is 0 Å². The first-order valence-corrected chi connectivity index (χ1v) is 10.6. The van der Waals surface area contributed by atoms with Gasteiger partial charge in [0.25, 0.3) is 0 Å². The van der Waals surface area contributed by atoms with E-state index in [0.29, 0.717) is 0 Å². The fraction of sp³-hybridized carbons (Fsp3) is 1.00. The Morgan fingerprint density at radius 3 is 1.65 bits per heavy atom. The maximum absolute atomic E-state index is 10.3. The van der Waals surface area contributed by atoms with Crippen molar-refractivity contribution in [3.63, 3.8) is 0 Å². The number of aliphatic hydroxyl groups excluding tert-OH is 11. The van der Waals surface area contributed by atoms with Crippen molar-refractivity contribution in [1.29, 1.82) is 0 Å². The van der Waals surface area contributed by atoms with Crippen molar-refractivity contribution in [1.82, 2.24) is 0 Å². The van der Waals surface area contributed by atoms with Gasteiger partial charge in [0.05, 0.1) is 19.8 Å². The zero-order valence-corrected chi connectivity index (χ0v) is 17.8. The predicted molar refractivity (Wildman–Crippen MR) is 101 cm³/mol. The molecule has 0 aliphatic carbocycles. The lowest BCUT2D eigenvalue weighted by molar-refractivity contribution is -0.388. The van der Waals surface area contributed by atoms with Crippen LogP contribution >= 0.6 is 0 Å². The maximum Gasteiger partial charge on any atom is 0.224 e. The molecule has 14 atom stereocenters. The average molecular weight is 504 g/mol. The second-order valence-corrected chi connectivity index (χ2v) is 8.41. The molecule has 0 unspecified atom stereocenters. The van der Waals surface area contributed by atoms with Gasteiger partial charge in [-0.2, -0.15) is 0 Å². The summed E-state index contributed by atoms with van der Waals surface area (Å²) in [6.45, 7) is -3.14. The Kier molecular flexibility index (Phi) is 9.18. The second kappa shape index (κ2) is 11.2. The maximum atomic E-state index is 10.3. The molecule has 3 aliphatic heterocycles. The summed E-state index contributed by atoms with van der Waals surface area (Å²) in [7, 11) is 0. The van der Waals surface area contributed by atoms with Gasteiger partial charge in [0, 0.05) is 0 Å². The molecule has 0 bridgehead atoms. The Hall–Kier alpha value is -0.640. The van der Waals surface area contributed by atoms with E-state index in [-0.39, 0.29) is 0 Å². The minimum atomic E-state index is -2.36.